The largest absolute Gasteiger partial charge is 0.474 e. The molecular weight excluding hydrogens is 392 g/mol. The molecule has 2 aromatic heterocycles. The van der Waals surface area contributed by atoms with E-state index in [1.165, 1.54) is 12.8 Å². The van der Waals surface area contributed by atoms with Crippen molar-refractivity contribution in [2.75, 3.05) is 31.1 Å². The van der Waals surface area contributed by atoms with Gasteiger partial charge < -0.3 is 14.2 Å². The molecule has 1 aliphatic heterocycles. The maximum Gasteiger partial charge on any atom is 0.273 e. The van der Waals surface area contributed by atoms with Gasteiger partial charge in [-0.15, -0.1) is 0 Å². The fraction of sp³-hybridized carbons (Fsp3) is 0.478. The summed E-state index contributed by atoms with van der Waals surface area (Å²) in [6.45, 7) is 4.14. The zero-order valence-corrected chi connectivity index (χ0v) is 17.9. The average molecular weight is 421 g/mol. The third-order valence-electron chi connectivity index (χ3n) is 6.36. The molecule has 0 N–H and O–H groups in total. The van der Waals surface area contributed by atoms with Crippen LogP contribution in [0.2, 0.25) is 0 Å². The van der Waals surface area contributed by atoms with Crippen molar-refractivity contribution >= 4 is 16.6 Å². The van der Waals surface area contributed by atoms with Crippen LogP contribution in [0.5, 0.6) is 5.88 Å². The topological polar surface area (TPSA) is 76.4 Å². The van der Waals surface area contributed by atoms with Gasteiger partial charge in [0.05, 0.1) is 10.9 Å². The van der Waals surface area contributed by atoms with Crippen LogP contribution in [-0.2, 0) is 13.6 Å². The third-order valence-corrected chi connectivity index (χ3v) is 6.36. The number of ether oxygens (including phenoxy) is 1. The van der Waals surface area contributed by atoms with Crippen molar-refractivity contribution in [3.63, 3.8) is 0 Å². The number of hydrogen-bond acceptors (Lipinski definition) is 7. The van der Waals surface area contributed by atoms with E-state index >= 15 is 0 Å². The molecule has 2 fully saturated rings. The molecular formula is C23H28N6O2. The van der Waals surface area contributed by atoms with Crippen molar-refractivity contribution in [1.82, 2.24) is 24.4 Å². The van der Waals surface area contributed by atoms with E-state index in [-0.39, 0.29) is 11.7 Å². The summed E-state index contributed by atoms with van der Waals surface area (Å²) >= 11 is 0. The van der Waals surface area contributed by atoms with Crippen LogP contribution in [0.25, 0.3) is 10.9 Å². The predicted octanol–water partition coefficient (Wildman–Crippen LogP) is 2.37. The second kappa shape index (κ2) is 8.63. The molecule has 162 valence electrons. The number of fused-ring (bicyclic) bond motifs is 1. The molecule has 8 nitrogen and oxygen atoms in total. The van der Waals surface area contributed by atoms with Crippen LogP contribution in [0.15, 0.2) is 41.7 Å². The molecule has 31 heavy (non-hydrogen) atoms. The highest BCUT2D eigenvalue weighted by Gasteiger charge is 2.21. The van der Waals surface area contributed by atoms with Crippen molar-refractivity contribution < 1.29 is 4.74 Å². The second-order valence-electron chi connectivity index (χ2n) is 8.46. The van der Waals surface area contributed by atoms with Crippen molar-refractivity contribution in [2.24, 2.45) is 7.05 Å². The van der Waals surface area contributed by atoms with E-state index in [1.807, 2.05) is 0 Å². The van der Waals surface area contributed by atoms with Gasteiger partial charge in [-0.25, -0.2) is 9.97 Å². The van der Waals surface area contributed by atoms with Crippen LogP contribution in [0.1, 0.15) is 31.4 Å². The van der Waals surface area contributed by atoms with Gasteiger partial charge in [-0.05, 0) is 43.9 Å². The highest BCUT2D eigenvalue weighted by atomic mass is 16.5. The minimum atomic E-state index is -0.0192. The maximum atomic E-state index is 12.2. The number of anilines is 1. The molecule has 0 bridgehead atoms. The van der Waals surface area contributed by atoms with Gasteiger partial charge in [0.1, 0.15) is 18.1 Å². The van der Waals surface area contributed by atoms with Gasteiger partial charge in [0.15, 0.2) is 0 Å². The lowest BCUT2D eigenvalue weighted by molar-refractivity contribution is 0.204. The Hall–Kier alpha value is -3.00. The lowest BCUT2D eigenvalue weighted by Gasteiger charge is -2.36. The Balaban J connectivity index is 1.29. The normalized spacial score (nSPS) is 18.0. The van der Waals surface area contributed by atoms with E-state index in [1.54, 1.807) is 30.3 Å². The van der Waals surface area contributed by atoms with Crippen LogP contribution in [-0.4, -0.2) is 56.7 Å². The zero-order valence-electron chi connectivity index (χ0n) is 17.9. The van der Waals surface area contributed by atoms with Crippen LogP contribution in [0.3, 0.4) is 0 Å². The molecule has 1 aromatic carbocycles. The van der Waals surface area contributed by atoms with Crippen LogP contribution < -0.4 is 15.2 Å². The second-order valence-corrected chi connectivity index (χ2v) is 8.46. The first kappa shape index (κ1) is 19.9. The smallest absolute Gasteiger partial charge is 0.273 e. The van der Waals surface area contributed by atoms with Gasteiger partial charge in [-0.2, -0.15) is 0 Å². The Morgan fingerprint density at radius 3 is 2.68 bits per heavy atom. The maximum absolute atomic E-state index is 12.2. The lowest BCUT2D eigenvalue weighted by atomic mass is 10.1. The molecule has 0 radical (unpaired) electrons. The summed E-state index contributed by atoms with van der Waals surface area (Å²) in [5.74, 6) is 0.698. The van der Waals surface area contributed by atoms with Crippen LogP contribution >= 0.6 is 0 Å². The van der Waals surface area contributed by atoms with Crippen molar-refractivity contribution in [3.8, 4) is 5.88 Å². The number of benzene rings is 1. The molecule has 1 aliphatic carbocycles. The van der Waals surface area contributed by atoms with E-state index in [4.69, 9.17) is 4.74 Å². The number of aromatic nitrogens is 4. The van der Waals surface area contributed by atoms with E-state index in [9.17, 15) is 4.79 Å². The predicted molar refractivity (Wildman–Crippen MR) is 119 cm³/mol. The Labute approximate surface area is 181 Å². The molecule has 0 spiro atoms. The van der Waals surface area contributed by atoms with E-state index in [0.717, 1.165) is 55.6 Å². The SMILES string of the molecule is Cn1ccnc(CN2CCN(c3ccc4ncnc(OC5CCCC5)c4c3)CC2)c1=O. The summed E-state index contributed by atoms with van der Waals surface area (Å²) in [7, 11) is 1.76. The molecule has 8 heteroatoms. The molecule has 2 aliphatic rings. The van der Waals surface area contributed by atoms with Gasteiger partial charge in [0.2, 0.25) is 5.88 Å². The first-order chi connectivity index (χ1) is 15.2. The Kier molecular flexibility index (Phi) is 5.55. The average Bonchev–Trinajstić information content (AvgIpc) is 3.31. The molecule has 1 saturated carbocycles. The van der Waals surface area contributed by atoms with Crippen LogP contribution in [0, 0.1) is 0 Å². The van der Waals surface area contributed by atoms with Crippen molar-refractivity contribution in [3.05, 3.63) is 53.0 Å². The molecule has 0 atom stereocenters. The molecule has 0 unspecified atom stereocenters. The molecule has 1 saturated heterocycles. The van der Waals surface area contributed by atoms with Crippen molar-refractivity contribution in [1.29, 1.82) is 0 Å². The van der Waals surface area contributed by atoms with Gasteiger partial charge in [0.25, 0.3) is 5.56 Å². The summed E-state index contributed by atoms with van der Waals surface area (Å²) in [6.07, 6.45) is 9.91. The number of rotatable bonds is 5. The quantitative estimate of drug-likeness (QED) is 0.627. The zero-order chi connectivity index (χ0) is 21.2. The van der Waals surface area contributed by atoms with Gasteiger partial charge >= 0.3 is 0 Å². The summed E-state index contributed by atoms with van der Waals surface area (Å²) in [5, 5.41) is 0.978. The van der Waals surface area contributed by atoms with E-state index in [0.29, 0.717) is 18.1 Å². The number of nitrogens with zero attached hydrogens (tertiary/aromatic N) is 6. The Morgan fingerprint density at radius 1 is 1.06 bits per heavy atom. The lowest BCUT2D eigenvalue weighted by Crippen LogP contribution is -2.46. The number of aryl methyl sites for hydroxylation is 1. The Morgan fingerprint density at radius 2 is 1.87 bits per heavy atom. The van der Waals surface area contributed by atoms with Gasteiger partial charge in [-0.3, -0.25) is 14.7 Å². The fourth-order valence-electron chi connectivity index (χ4n) is 4.51. The highest BCUT2D eigenvalue weighted by molar-refractivity contribution is 5.86. The minimum absolute atomic E-state index is 0.0192. The summed E-state index contributed by atoms with van der Waals surface area (Å²) in [5.41, 5.74) is 2.66. The van der Waals surface area contributed by atoms with Crippen molar-refractivity contribution in [2.45, 2.75) is 38.3 Å². The van der Waals surface area contributed by atoms with Crippen LogP contribution in [0.4, 0.5) is 5.69 Å². The van der Waals surface area contributed by atoms with E-state index in [2.05, 4.69) is 43.0 Å². The third kappa shape index (κ3) is 4.25. The number of piperazine rings is 1. The highest BCUT2D eigenvalue weighted by Crippen LogP contribution is 2.30. The standard InChI is InChI=1S/C23H28N6O2/c1-27-9-8-24-21(23(27)30)15-28-10-12-29(13-11-28)17-6-7-20-19(14-17)22(26-16-25-20)31-18-4-2-3-5-18/h6-9,14,16,18H,2-5,10-13,15H2,1H3. The summed E-state index contributed by atoms with van der Waals surface area (Å²) in [4.78, 5) is 30.0. The minimum Gasteiger partial charge on any atom is -0.474 e. The molecule has 0 amide bonds. The van der Waals surface area contributed by atoms with E-state index < -0.39 is 0 Å². The first-order valence-electron chi connectivity index (χ1n) is 11.1. The number of hydrogen-bond donors (Lipinski definition) is 0. The monoisotopic (exact) mass is 420 g/mol. The summed E-state index contributed by atoms with van der Waals surface area (Å²) in [6, 6.07) is 6.33. The van der Waals surface area contributed by atoms with Gasteiger partial charge in [0, 0.05) is 57.9 Å². The fourth-order valence-corrected chi connectivity index (χ4v) is 4.51. The Bertz CT molecular complexity index is 1120. The summed E-state index contributed by atoms with van der Waals surface area (Å²) < 4.78 is 7.80. The molecule has 3 aromatic rings. The van der Waals surface area contributed by atoms with Gasteiger partial charge in [-0.1, -0.05) is 0 Å². The first-order valence-corrected chi connectivity index (χ1v) is 11.1. The molecule has 3 heterocycles. The molecule has 5 rings (SSSR count).